The molecule has 1 aliphatic heterocycles. The van der Waals surface area contributed by atoms with Gasteiger partial charge < -0.3 is 23.5 Å². The molecule has 0 N–H and O–H groups in total. The third-order valence-electron chi connectivity index (χ3n) is 5.73. The Hall–Kier alpha value is -3.44. The second-order valence-electron chi connectivity index (χ2n) is 7.58. The number of ether oxygens (including phenoxy) is 3. The molecule has 0 unspecified atom stereocenters. The van der Waals surface area contributed by atoms with E-state index in [-0.39, 0.29) is 11.9 Å². The molecule has 11 nitrogen and oxygen atoms in total. The lowest BCUT2D eigenvalue weighted by molar-refractivity contribution is 0.0557. The van der Waals surface area contributed by atoms with E-state index in [1.54, 1.807) is 43.0 Å². The Kier molecular flexibility index (Phi) is 7.20. The molecule has 0 saturated carbocycles. The first-order valence-electron chi connectivity index (χ1n) is 10.7. The van der Waals surface area contributed by atoms with Gasteiger partial charge in [-0.25, -0.2) is 4.68 Å². The topological polar surface area (TPSA) is 108 Å². The van der Waals surface area contributed by atoms with Gasteiger partial charge in [-0.2, -0.15) is 0 Å². The fourth-order valence-electron chi connectivity index (χ4n) is 4.03. The van der Waals surface area contributed by atoms with Gasteiger partial charge in [0.25, 0.3) is 5.91 Å². The number of amides is 1. The van der Waals surface area contributed by atoms with Crippen molar-refractivity contribution < 1.29 is 23.4 Å². The average molecular weight is 457 g/mol. The maximum atomic E-state index is 12.7. The quantitative estimate of drug-likeness (QED) is 0.473. The van der Waals surface area contributed by atoms with Crippen molar-refractivity contribution >= 4 is 5.91 Å². The molecular formula is C22H28N6O5. The minimum atomic E-state index is -0.238. The predicted molar refractivity (Wildman–Crippen MR) is 117 cm³/mol. The van der Waals surface area contributed by atoms with E-state index in [0.717, 1.165) is 5.56 Å². The van der Waals surface area contributed by atoms with Crippen LogP contribution in [0, 0.1) is 0 Å². The lowest BCUT2D eigenvalue weighted by Crippen LogP contribution is -2.50. The number of carbonyl (C=O) groups is 1. The molecule has 0 spiro atoms. The maximum absolute atomic E-state index is 12.7. The highest BCUT2D eigenvalue weighted by molar-refractivity contribution is 5.91. The minimum absolute atomic E-state index is 0.104. The second kappa shape index (κ2) is 10.5. The van der Waals surface area contributed by atoms with Crippen LogP contribution in [0.15, 0.2) is 41.0 Å². The number of hydrogen-bond acceptors (Lipinski definition) is 9. The number of piperazine rings is 1. The predicted octanol–water partition coefficient (Wildman–Crippen LogP) is 1.48. The van der Waals surface area contributed by atoms with Crippen LogP contribution >= 0.6 is 0 Å². The molecule has 0 aliphatic carbocycles. The Labute approximate surface area is 191 Å². The van der Waals surface area contributed by atoms with Crippen molar-refractivity contribution in [1.82, 2.24) is 30.0 Å². The number of hydrogen-bond donors (Lipinski definition) is 0. The molecule has 0 radical (unpaired) electrons. The number of nitrogens with zero attached hydrogens (tertiary/aromatic N) is 6. The van der Waals surface area contributed by atoms with Crippen LogP contribution in [-0.2, 0) is 11.3 Å². The van der Waals surface area contributed by atoms with Crippen LogP contribution in [0.4, 0.5) is 0 Å². The summed E-state index contributed by atoms with van der Waals surface area (Å²) in [6.45, 7) is 3.42. The summed E-state index contributed by atoms with van der Waals surface area (Å²) in [6.07, 6.45) is 1.51. The molecule has 1 fully saturated rings. The summed E-state index contributed by atoms with van der Waals surface area (Å²) in [5.41, 5.74) is 0.965. The zero-order valence-electron chi connectivity index (χ0n) is 19.0. The van der Waals surface area contributed by atoms with E-state index >= 15 is 0 Å². The van der Waals surface area contributed by atoms with E-state index in [4.69, 9.17) is 18.6 Å². The van der Waals surface area contributed by atoms with Gasteiger partial charge in [0, 0.05) is 33.3 Å². The van der Waals surface area contributed by atoms with Crippen LogP contribution in [0.1, 0.15) is 28.0 Å². The van der Waals surface area contributed by atoms with E-state index in [9.17, 15) is 4.79 Å². The molecule has 1 atom stereocenters. The van der Waals surface area contributed by atoms with E-state index in [0.29, 0.717) is 62.4 Å². The number of methoxy groups -OCH3 is 3. The van der Waals surface area contributed by atoms with Crippen LogP contribution in [0.2, 0.25) is 0 Å². The molecule has 4 rings (SSSR count). The summed E-state index contributed by atoms with van der Waals surface area (Å²) in [4.78, 5) is 16.8. The van der Waals surface area contributed by atoms with E-state index in [2.05, 4.69) is 20.4 Å². The summed E-state index contributed by atoms with van der Waals surface area (Å²) in [5, 5.41) is 12.4. The van der Waals surface area contributed by atoms with Crippen LogP contribution in [0.5, 0.6) is 11.5 Å². The first-order chi connectivity index (χ1) is 16.2. The molecule has 0 bridgehead atoms. The van der Waals surface area contributed by atoms with Gasteiger partial charge in [0.05, 0.1) is 39.7 Å². The third-order valence-corrected chi connectivity index (χ3v) is 5.73. The van der Waals surface area contributed by atoms with Crippen LogP contribution < -0.4 is 9.47 Å². The smallest absolute Gasteiger partial charge is 0.289 e. The minimum Gasteiger partial charge on any atom is -0.493 e. The van der Waals surface area contributed by atoms with Crippen molar-refractivity contribution in [2.24, 2.45) is 0 Å². The highest BCUT2D eigenvalue weighted by Gasteiger charge is 2.33. The Balaban J connectivity index is 1.62. The number of aromatic nitrogens is 4. The molecular weight excluding hydrogens is 428 g/mol. The first-order valence-corrected chi connectivity index (χ1v) is 10.7. The van der Waals surface area contributed by atoms with Crippen molar-refractivity contribution in [2.75, 3.05) is 54.1 Å². The molecule has 1 saturated heterocycles. The molecule has 1 amide bonds. The zero-order chi connectivity index (χ0) is 23.2. The monoisotopic (exact) mass is 456 g/mol. The number of rotatable bonds is 9. The highest BCUT2D eigenvalue weighted by atomic mass is 16.5. The van der Waals surface area contributed by atoms with Crippen LogP contribution in [0.25, 0.3) is 0 Å². The normalized spacial score (nSPS) is 15.4. The van der Waals surface area contributed by atoms with Crippen molar-refractivity contribution in [3.63, 3.8) is 0 Å². The van der Waals surface area contributed by atoms with Crippen molar-refractivity contribution in [2.45, 2.75) is 12.6 Å². The standard InChI is InChI=1S/C22H28N6O5/c1-30-14-12-28-21(23-24-25-28)20(16-6-7-17(31-2)19(15-16)32-3)26-8-10-27(11-9-26)22(29)18-5-4-13-33-18/h4-7,13,15,20H,8-12,14H2,1-3H3/t20-/m1/s1. The zero-order valence-corrected chi connectivity index (χ0v) is 19.0. The van der Waals surface area contributed by atoms with Gasteiger partial charge >= 0.3 is 0 Å². The summed E-state index contributed by atoms with van der Waals surface area (Å²) < 4.78 is 23.2. The Morgan fingerprint density at radius 3 is 2.55 bits per heavy atom. The summed E-state index contributed by atoms with van der Waals surface area (Å²) >= 11 is 0. The Morgan fingerprint density at radius 1 is 1.09 bits per heavy atom. The molecule has 1 aromatic carbocycles. The maximum Gasteiger partial charge on any atom is 0.289 e. The number of tetrazole rings is 1. The molecule has 1 aliphatic rings. The van der Waals surface area contributed by atoms with Gasteiger partial charge in [-0.05, 0) is 40.3 Å². The molecule has 2 aromatic heterocycles. The number of benzene rings is 1. The van der Waals surface area contributed by atoms with Crippen molar-refractivity contribution in [3.05, 3.63) is 53.7 Å². The molecule has 3 heterocycles. The summed E-state index contributed by atoms with van der Waals surface area (Å²) in [6, 6.07) is 8.97. The molecule has 33 heavy (non-hydrogen) atoms. The molecule has 11 heteroatoms. The second-order valence-corrected chi connectivity index (χ2v) is 7.58. The third kappa shape index (κ3) is 4.83. The van der Waals surface area contributed by atoms with Gasteiger partial charge in [0.2, 0.25) is 0 Å². The SMILES string of the molecule is COCCn1nnnc1[C@@H](c1ccc(OC)c(OC)c1)N1CCN(C(=O)c2ccco2)CC1. The van der Waals surface area contributed by atoms with Crippen LogP contribution in [-0.4, -0.2) is 90.0 Å². The van der Waals surface area contributed by atoms with E-state index < -0.39 is 0 Å². The lowest BCUT2D eigenvalue weighted by atomic mass is 10.0. The summed E-state index contributed by atoms with van der Waals surface area (Å²) in [7, 11) is 4.86. The highest BCUT2D eigenvalue weighted by Crippen LogP contribution is 2.35. The van der Waals surface area contributed by atoms with Crippen molar-refractivity contribution in [3.8, 4) is 11.5 Å². The van der Waals surface area contributed by atoms with E-state index in [1.165, 1.54) is 6.26 Å². The molecule has 3 aromatic rings. The van der Waals surface area contributed by atoms with Crippen molar-refractivity contribution in [1.29, 1.82) is 0 Å². The van der Waals surface area contributed by atoms with Gasteiger partial charge in [0.15, 0.2) is 23.1 Å². The van der Waals surface area contributed by atoms with Gasteiger partial charge in [-0.3, -0.25) is 9.69 Å². The molecule has 176 valence electrons. The van der Waals surface area contributed by atoms with Gasteiger partial charge in [0.1, 0.15) is 0 Å². The van der Waals surface area contributed by atoms with Crippen LogP contribution in [0.3, 0.4) is 0 Å². The average Bonchev–Trinajstić information content (AvgIpc) is 3.55. The lowest BCUT2D eigenvalue weighted by Gasteiger charge is -2.38. The Bertz CT molecular complexity index is 1050. The largest absolute Gasteiger partial charge is 0.493 e. The number of carbonyl (C=O) groups excluding carboxylic acids is 1. The fourth-order valence-corrected chi connectivity index (χ4v) is 4.03. The fraction of sp³-hybridized carbons (Fsp3) is 0.455. The first kappa shape index (κ1) is 22.7. The van der Waals surface area contributed by atoms with Gasteiger partial charge in [-0.15, -0.1) is 5.10 Å². The number of furan rings is 1. The summed E-state index contributed by atoms with van der Waals surface area (Å²) in [5.74, 6) is 2.22. The Morgan fingerprint density at radius 2 is 1.88 bits per heavy atom. The van der Waals surface area contributed by atoms with E-state index in [1.807, 2.05) is 18.2 Å². The van der Waals surface area contributed by atoms with Gasteiger partial charge in [-0.1, -0.05) is 6.07 Å².